The van der Waals surface area contributed by atoms with Gasteiger partial charge in [0.15, 0.2) is 0 Å². The molecule has 1 aliphatic heterocycles. The Morgan fingerprint density at radius 2 is 1.94 bits per heavy atom. The lowest BCUT2D eigenvalue weighted by Crippen LogP contribution is -2.31. The van der Waals surface area contributed by atoms with Crippen molar-refractivity contribution in [1.29, 1.82) is 0 Å². The molecule has 1 aliphatic rings. The maximum atomic E-state index is 13.5. The second-order valence-electron chi connectivity index (χ2n) is 9.07. The molecular formula is C27H32ClN3O4. The van der Waals surface area contributed by atoms with E-state index in [1.165, 1.54) is 0 Å². The topological polar surface area (TPSA) is 87.7 Å². The van der Waals surface area contributed by atoms with Gasteiger partial charge >= 0.3 is 0 Å². The molecule has 8 heteroatoms. The number of benzene rings is 2. The van der Waals surface area contributed by atoms with Gasteiger partial charge in [0, 0.05) is 29.3 Å². The average molecular weight is 498 g/mol. The fraction of sp³-hybridized carbons (Fsp3) is 0.407. The molecule has 0 saturated heterocycles. The smallest absolute Gasteiger partial charge is 0.273 e. The number of ether oxygens (including phenoxy) is 2. The van der Waals surface area contributed by atoms with Crippen molar-refractivity contribution in [2.45, 2.75) is 52.7 Å². The van der Waals surface area contributed by atoms with Crippen molar-refractivity contribution >= 4 is 17.5 Å². The Kier molecular flexibility index (Phi) is 7.67. The second kappa shape index (κ2) is 10.7. The third-order valence-corrected chi connectivity index (χ3v) is 6.47. The van der Waals surface area contributed by atoms with E-state index in [0.29, 0.717) is 48.2 Å². The van der Waals surface area contributed by atoms with Gasteiger partial charge in [0.2, 0.25) is 0 Å². The van der Waals surface area contributed by atoms with E-state index in [-0.39, 0.29) is 23.8 Å². The summed E-state index contributed by atoms with van der Waals surface area (Å²) in [6.45, 7) is 9.61. The van der Waals surface area contributed by atoms with Gasteiger partial charge in [-0.3, -0.25) is 9.89 Å². The van der Waals surface area contributed by atoms with Crippen LogP contribution in [0.1, 0.15) is 66.8 Å². The molecule has 0 saturated carbocycles. The van der Waals surface area contributed by atoms with Crippen molar-refractivity contribution in [1.82, 2.24) is 15.1 Å². The number of aromatic nitrogens is 2. The van der Waals surface area contributed by atoms with Crippen LogP contribution in [0, 0.1) is 6.92 Å². The van der Waals surface area contributed by atoms with Crippen molar-refractivity contribution in [3.8, 4) is 22.8 Å². The van der Waals surface area contributed by atoms with E-state index < -0.39 is 0 Å². The molecule has 0 aliphatic carbocycles. The number of H-pyrrole nitrogens is 1. The molecule has 7 nitrogen and oxygen atoms in total. The normalized spacial score (nSPS) is 15.2. The van der Waals surface area contributed by atoms with Crippen molar-refractivity contribution in [2.24, 2.45) is 0 Å². The van der Waals surface area contributed by atoms with Gasteiger partial charge in [0.25, 0.3) is 5.91 Å². The Morgan fingerprint density at radius 3 is 2.63 bits per heavy atom. The minimum absolute atomic E-state index is 0.0690. The standard InChI is InChI=1S/C27H32ClN3O4/c1-5-12-35-19-9-7-18(8-10-19)26-23-24(20-15-21(28)17(4)14-22(20)32)29-30-25(23)27(33)31(26)11-6-13-34-16(2)3/h7-10,14-16,26,32H,5-6,11-13H2,1-4H3,(H,29,30). The summed E-state index contributed by atoms with van der Waals surface area (Å²) < 4.78 is 11.4. The molecule has 1 amide bonds. The summed E-state index contributed by atoms with van der Waals surface area (Å²) in [5.74, 6) is 0.726. The lowest BCUT2D eigenvalue weighted by Gasteiger charge is -2.27. The monoisotopic (exact) mass is 497 g/mol. The minimum Gasteiger partial charge on any atom is -0.507 e. The SMILES string of the molecule is CCCOc1ccc(C2c3c(-c4cc(Cl)c(C)cc4O)n[nH]c3C(=O)N2CCCOC(C)C)cc1. The van der Waals surface area contributed by atoms with Crippen LogP contribution in [0.4, 0.5) is 0 Å². The number of aromatic hydroxyl groups is 1. The predicted octanol–water partition coefficient (Wildman–Crippen LogP) is 5.89. The van der Waals surface area contributed by atoms with Gasteiger partial charge in [0.1, 0.15) is 22.9 Å². The predicted molar refractivity (Wildman–Crippen MR) is 136 cm³/mol. The van der Waals surface area contributed by atoms with Crippen LogP contribution in [-0.2, 0) is 4.74 Å². The van der Waals surface area contributed by atoms with Crippen LogP contribution >= 0.6 is 11.6 Å². The molecule has 2 N–H and O–H groups in total. The van der Waals surface area contributed by atoms with Crippen molar-refractivity contribution in [3.63, 3.8) is 0 Å². The highest BCUT2D eigenvalue weighted by molar-refractivity contribution is 6.31. The molecule has 35 heavy (non-hydrogen) atoms. The highest BCUT2D eigenvalue weighted by Crippen LogP contribution is 2.45. The number of amides is 1. The highest BCUT2D eigenvalue weighted by Gasteiger charge is 2.42. The Morgan fingerprint density at radius 1 is 1.20 bits per heavy atom. The summed E-state index contributed by atoms with van der Waals surface area (Å²) in [5.41, 5.74) is 3.87. The van der Waals surface area contributed by atoms with E-state index >= 15 is 0 Å². The van der Waals surface area contributed by atoms with E-state index in [9.17, 15) is 9.90 Å². The summed E-state index contributed by atoms with van der Waals surface area (Å²) in [7, 11) is 0. The molecular weight excluding hydrogens is 466 g/mol. The quantitative estimate of drug-likeness (QED) is 0.341. The summed E-state index contributed by atoms with van der Waals surface area (Å²) in [6, 6.07) is 10.8. The van der Waals surface area contributed by atoms with Crippen LogP contribution in [0.15, 0.2) is 36.4 Å². The number of fused-ring (bicyclic) bond motifs is 1. The van der Waals surface area contributed by atoms with E-state index in [1.807, 2.05) is 49.9 Å². The highest BCUT2D eigenvalue weighted by atomic mass is 35.5. The second-order valence-corrected chi connectivity index (χ2v) is 9.48. The number of hydrogen-bond donors (Lipinski definition) is 2. The Labute approximate surface area is 211 Å². The van der Waals surface area contributed by atoms with Crippen molar-refractivity contribution in [2.75, 3.05) is 19.8 Å². The maximum Gasteiger partial charge on any atom is 0.273 e. The Hall–Kier alpha value is -3.03. The third-order valence-electron chi connectivity index (χ3n) is 6.06. The molecule has 0 radical (unpaired) electrons. The first kappa shape index (κ1) is 25.1. The van der Waals surface area contributed by atoms with Crippen LogP contribution in [0.5, 0.6) is 11.5 Å². The molecule has 0 fully saturated rings. The van der Waals surface area contributed by atoms with Gasteiger partial charge in [-0.1, -0.05) is 30.7 Å². The molecule has 4 rings (SSSR count). The average Bonchev–Trinajstić information content (AvgIpc) is 3.37. The summed E-state index contributed by atoms with van der Waals surface area (Å²) in [6.07, 6.45) is 1.76. The number of phenolic OH excluding ortho intramolecular Hbond substituents is 1. The molecule has 0 spiro atoms. The fourth-order valence-corrected chi connectivity index (χ4v) is 4.52. The zero-order valence-corrected chi connectivity index (χ0v) is 21.4. The minimum atomic E-state index is -0.370. The number of aryl methyl sites for hydroxylation is 1. The third kappa shape index (κ3) is 5.16. The summed E-state index contributed by atoms with van der Waals surface area (Å²) in [5, 5.41) is 18.6. The number of halogens is 1. The summed E-state index contributed by atoms with van der Waals surface area (Å²) >= 11 is 6.38. The maximum absolute atomic E-state index is 13.5. The van der Waals surface area contributed by atoms with Crippen molar-refractivity contribution in [3.05, 3.63) is 63.8 Å². The van der Waals surface area contributed by atoms with Gasteiger partial charge < -0.3 is 19.5 Å². The molecule has 2 heterocycles. The molecule has 1 unspecified atom stereocenters. The van der Waals surface area contributed by atoms with Gasteiger partial charge in [-0.15, -0.1) is 0 Å². The van der Waals surface area contributed by atoms with Crippen molar-refractivity contribution < 1.29 is 19.4 Å². The van der Waals surface area contributed by atoms with E-state index in [4.69, 9.17) is 21.1 Å². The van der Waals surface area contributed by atoms with E-state index in [1.54, 1.807) is 12.1 Å². The van der Waals surface area contributed by atoms with Crippen LogP contribution < -0.4 is 4.74 Å². The molecule has 1 atom stereocenters. The zero-order valence-electron chi connectivity index (χ0n) is 20.6. The lowest BCUT2D eigenvalue weighted by atomic mass is 9.95. The summed E-state index contributed by atoms with van der Waals surface area (Å²) in [4.78, 5) is 15.3. The first-order valence-electron chi connectivity index (χ1n) is 12.0. The van der Waals surface area contributed by atoms with Gasteiger partial charge in [0.05, 0.1) is 18.8 Å². The van der Waals surface area contributed by atoms with Crippen LogP contribution in [0.2, 0.25) is 5.02 Å². The lowest BCUT2D eigenvalue weighted by molar-refractivity contribution is 0.0601. The van der Waals surface area contributed by atoms with Crippen LogP contribution in [-0.4, -0.2) is 52.0 Å². The van der Waals surface area contributed by atoms with E-state index in [2.05, 4.69) is 17.1 Å². The molecule has 1 aromatic heterocycles. The van der Waals surface area contributed by atoms with Gasteiger partial charge in [-0.05, 0) is 69.0 Å². The van der Waals surface area contributed by atoms with Crippen LogP contribution in [0.25, 0.3) is 11.3 Å². The molecule has 0 bridgehead atoms. The number of carbonyl (C=O) groups excluding carboxylic acids is 1. The number of carbonyl (C=O) groups is 1. The molecule has 186 valence electrons. The zero-order chi connectivity index (χ0) is 25.1. The molecule has 2 aromatic carbocycles. The number of aromatic amines is 1. The Bertz CT molecular complexity index is 1190. The number of nitrogens with one attached hydrogen (secondary N) is 1. The number of nitrogens with zero attached hydrogens (tertiary/aromatic N) is 2. The first-order valence-corrected chi connectivity index (χ1v) is 12.4. The fourth-order valence-electron chi connectivity index (χ4n) is 4.36. The Balaban J connectivity index is 1.74. The number of phenols is 1. The molecule has 3 aromatic rings. The number of rotatable bonds is 10. The largest absolute Gasteiger partial charge is 0.507 e. The first-order chi connectivity index (χ1) is 16.8. The van der Waals surface area contributed by atoms with Crippen LogP contribution in [0.3, 0.4) is 0 Å². The van der Waals surface area contributed by atoms with Gasteiger partial charge in [-0.25, -0.2) is 0 Å². The van der Waals surface area contributed by atoms with Gasteiger partial charge in [-0.2, -0.15) is 5.10 Å². The number of hydrogen-bond acceptors (Lipinski definition) is 5. The van der Waals surface area contributed by atoms with E-state index in [0.717, 1.165) is 28.9 Å².